The van der Waals surface area contributed by atoms with Crippen molar-refractivity contribution in [2.45, 2.75) is 19.9 Å². The number of ketones is 1. The fraction of sp³-hybridized carbons (Fsp3) is 0.333. The number of amides is 1. The highest BCUT2D eigenvalue weighted by Crippen LogP contribution is 2.39. The summed E-state index contributed by atoms with van der Waals surface area (Å²) < 4.78 is 5.16. The van der Waals surface area contributed by atoms with E-state index in [4.69, 9.17) is 16.3 Å². The molecule has 2 aromatic rings. The van der Waals surface area contributed by atoms with E-state index >= 15 is 0 Å². The van der Waals surface area contributed by atoms with Gasteiger partial charge in [-0.3, -0.25) is 9.59 Å². The van der Waals surface area contributed by atoms with Gasteiger partial charge < -0.3 is 19.6 Å². The van der Waals surface area contributed by atoms with Gasteiger partial charge in [-0.25, -0.2) is 0 Å². The molecule has 7 heteroatoms. The van der Waals surface area contributed by atoms with Gasteiger partial charge in [-0.15, -0.1) is 0 Å². The Morgan fingerprint density at radius 2 is 1.68 bits per heavy atom. The maximum atomic E-state index is 13.0. The van der Waals surface area contributed by atoms with Gasteiger partial charge in [0.1, 0.15) is 11.5 Å². The third-order valence-corrected chi connectivity index (χ3v) is 5.89. The molecule has 1 heterocycles. The zero-order valence-corrected chi connectivity index (χ0v) is 18.7. The molecule has 0 bridgehead atoms. The van der Waals surface area contributed by atoms with Crippen LogP contribution in [0, 0.1) is 0 Å². The second kappa shape index (κ2) is 9.98. The molecule has 2 aromatic carbocycles. The van der Waals surface area contributed by atoms with Gasteiger partial charge in [-0.05, 0) is 55.1 Å². The van der Waals surface area contributed by atoms with Gasteiger partial charge in [0.2, 0.25) is 0 Å². The maximum Gasteiger partial charge on any atom is 0.295 e. The number of likely N-dealkylation sites (tertiary alicyclic amines) is 1. The molecule has 1 amide bonds. The molecule has 31 heavy (non-hydrogen) atoms. The number of ether oxygens (including phenoxy) is 1. The number of rotatable bonds is 8. The number of Topliss-reactive ketones (excluding diaryl/α,β-unsaturated/α-hetero) is 1. The lowest BCUT2D eigenvalue weighted by molar-refractivity contribution is -0.140. The second-order valence-electron chi connectivity index (χ2n) is 7.30. The molecule has 0 spiro atoms. The summed E-state index contributed by atoms with van der Waals surface area (Å²) in [4.78, 5) is 29.7. The smallest absolute Gasteiger partial charge is 0.295 e. The van der Waals surface area contributed by atoms with Crippen LogP contribution in [0.4, 0.5) is 0 Å². The number of carbonyl (C=O) groups is 2. The third-order valence-electron chi connectivity index (χ3n) is 5.64. The number of likely N-dealkylation sites (N-methyl/N-ethyl adjacent to an activating group) is 1. The summed E-state index contributed by atoms with van der Waals surface area (Å²) in [5.74, 6) is -0.869. The first-order valence-electron chi connectivity index (χ1n) is 10.3. The number of benzene rings is 2. The summed E-state index contributed by atoms with van der Waals surface area (Å²) in [6, 6.07) is 13.0. The van der Waals surface area contributed by atoms with Crippen LogP contribution in [0.5, 0.6) is 5.75 Å². The number of halogens is 1. The summed E-state index contributed by atoms with van der Waals surface area (Å²) in [5, 5.41) is 11.6. The predicted octanol–water partition coefficient (Wildman–Crippen LogP) is 4.11. The van der Waals surface area contributed by atoms with Crippen molar-refractivity contribution in [1.82, 2.24) is 9.80 Å². The van der Waals surface area contributed by atoms with Crippen LogP contribution in [0.15, 0.2) is 54.1 Å². The largest absolute Gasteiger partial charge is 0.507 e. The van der Waals surface area contributed by atoms with Gasteiger partial charge in [0.15, 0.2) is 0 Å². The minimum absolute atomic E-state index is 0.0806. The molecular formula is C24H27ClN2O4. The Morgan fingerprint density at radius 3 is 2.23 bits per heavy atom. The second-order valence-corrected chi connectivity index (χ2v) is 7.74. The van der Waals surface area contributed by atoms with Gasteiger partial charge in [0, 0.05) is 23.7 Å². The minimum Gasteiger partial charge on any atom is -0.507 e. The van der Waals surface area contributed by atoms with Gasteiger partial charge in [0.05, 0.1) is 18.7 Å². The fourth-order valence-electron chi connectivity index (χ4n) is 3.80. The molecule has 1 fully saturated rings. The Labute approximate surface area is 187 Å². The van der Waals surface area contributed by atoms with Crippen LogP contribution in [0.3, 0.4) is 0 Å². The molecule has 6 nitrogen and oxygen atoms in total. The van der Waals surface area contributed by atoms with Crippen LogP contribution in [0.2, 0.25) is 5.02 Å². The standard InChI is InChI=1S/C24H27ClN2O4/c1-4-26(5-2)14-15-27-21(16-6-10-18(25)11-7-16)20(23(29)24(27)30)22(28)17-8-12-19(31-3)13-9-17/h6-13,21,28H,4-5,14-15H2,1-3H3/t21-/m0/s1. The molecule has 0 unspecified atom stereocenters. The van der Waals surface area contributed by atoms with E-state index in [0.717, 1.165) is 18.7 Å². The van der Waals surface area contributed by atoms with E-state index in [0.29, 0.717) is 29.4 Å². The monoisotopic (exact) mass is 442 g/mol. The number of hydrogen-bond acceptors (Lipinski definition) is 5. The van der Waals surface area contributed by atoms with Crippen LogP contribution < -0.4 is 4.74 Å². The van der Waals surface area contributed by atoms with Crippen molar-refractivity contribution in [3.05, 3.63) is 70.3 Å². The van der Waals surface area contributed by atoms with Gasteiger partial charge in [-0.2, -0.15) is 0 Å². The van der Waals surface area contributed by atoms with Crippen LogP contribution in [0.25, 0.3) is 5.76 Å². The molecule has 1 atom stereocenters. The lowest BCUT2D eigenvalue weighted by atomic mass is 9.95. The summed E-state index contributed by atoms with van der Waals surface area (Å²) in [5.41, 5.74) is 1.25. The van der Waals surface area contributed by atoms with Gasteiger partial charge in [-0.1, -0.05) is 37.6 Å². The number of hydrogen-bond donors (Lipinski definition) is 1. The molecule has 0 radical (unpaired) electrons. The first-order valence-corrected chi connectivity index (χ1v) is 10.7. The first kappa shape index (κ1) is 22.8. The normalized spacial score (nSPS) is 18.1. The minimum atomic E-state index is -0.687. The highest BCUT2D eigenvalue weighted by Gasteiger charge is 2.45. The molecule has 0 aliphatic carbocycles. The van der Waals surface area contributed by atoms with E-state index in [1.165, 1.54) is 0 Å². The Morgan fingerprint density at radius 1 is 1.06 bits per heavy atom. The number of methoxy groups -OCH3 is 1. The highest BCUT2D eigenvalue weighted by atomic mass is 35.5. The van der Waals surface area contributed by atoms with Crippen molar-refractivity contribution in [3.63, 3.8) is 0 Å². The van der Waals surface area contributed by atoms with E-state index in [1.54, 1.807) is 60.5 Å². The third kappa shape index (κ3) is 4.75. The Balaban J connectivity index is 2.07. The molecule has 3 rings (SSSR count). The highest BCUT2D eigenvalue weighted by molar-refractivity contribution is 6.46. The number of nitrogens with zero attached hydrogens (tertiary/aromatic N) is 2. The van der Waals surface area contributed by atoms with Crippen LogP contribution in [-0.2, 0) is 9.59 Å². The SMILES string of the molecule is CCN(CC)CCN1C(=O)C(=O)C(=C(O)c2ccc(OC)cc2)[C@@H]1c1ccc(Cl)cc1. The van der Waals surface area contributed by atoms with E-state index < -0.39 is 17.7 Å². The zero-order chi connectivity index (χ0) is 22.5. The van der Waals surface area contributed by atoms with Crippen molar-refractivity contribution < 1.29 is 19.4 Å². The number of aliphatic hydroxyl groups is 1. The molecule has 0 aromatic heterocycles. The van der Waals surface area contributed by atoms with Gasteiger partial charge in [0.25, 0.3) is 11.7 Å². The zero-order valence-electron chi connectivity index (χ0n) is 18.0. The first-order chi connectivity index (χ1) is 14.9. The van der Waals surface area contributed by atoms with Crippen LogP contribution in [0.1, 0.15) is 31.0 Å². The summed E-state index contributed by atoms with van der Waals surface area (Å²) >= 11 is 6.05. The Hall–Kier alpha value is -2.83. The van der Waals surface area contributed by atoms with Crippen LogP contribution in [-0.4, -0.2) is 59.9 Å². The van der Waals surface area contributed by atoms with E-state index in [1.807, 2.05) is 0 Å². The quantitative estimate of drug-likeness (QED) is 0.378. The molecule has 1 aliphatic rings. The summed E-state index contributed by atoms with van der Waals surface area (Å²) in [6.45, 7) is 6.80. The van der Waals surface area contributed by atoms with Crippen molar-refractivity contribution >= 4 is 29.1 Å². The summed E-state index contributed by atoms with van der Waals surface area (Å²) in [6.07, 6.45) is 0. The molecular weight excluding hydrogens is 416 g/mol. The average molecular weight is 443 g/mol. The predicted molar refractivity (Wildman–Crippen MR) is 121 cm³/mol. The van der Waals surface area contributed by atoms with E-state index in [9.17, 15) is 14.7 Å². The molecule has 164 valence electrons. The van der Waals surface area contributed by atoms with Crippen LogP contribution >= 0.6 is 11.6 Å². The van der Waals surface area contributed by atoms with Crippen molar-refractivity contribution in [3.8, 4) is 5.75 Å². The number of carbonyl (C=O) groups excluding carboxylic acids is 2. The molecule has 1 N–H and O–H groups in total. The molecule has 1 aliphatic heterocycles. The van der Waals surface area contributed by atoms with Gasteiger partial charge >= 0.3 is 0 Å². The fourth-order valence-corrected chi connectivity index (χ4v) is 3.92. The topological polar surface area (TPSA) is 70.1 Å². The van der Waals surface area contributed by atoms with E-state index in [-0.39, 0.29) is 11.3 Å². The average Bonchev–Trinajstić information content (AvgIpc) is 3.05. The Kier molecular flexibility index (Phi) is 7.36. The molecule has 0 saturated carbocycles. The van der Waals surface area contributed by atoms with E-state index in [2.05, 4.69) is 18.7 Å². The number of aliphatic hydroxyl groups excluding tert-OH is 1. The Bertz CT molecular complexity index is 966. The molecule has 1 saturated heterocycles. The lowest BCUT2D eigenvalue weighted by Crippen LogP contribution is -2.38. The van der Waals surface area contributed by atoms with Crippen molar-refractivity contribution in [2.75, 3.05) is 33.3 Å². The van der Waals surface area contributed by atoms with Crippen molar-refractivity contribution in [1.29, 1.82) is 0 Å². The van der Waals surface area contributed by atoms with Crippen molar-refractivity contribution in [2.24, 2.45) is 0 Å². The lowest BCUT2D eigenvalue weighted by Gasteiger charge is -2.28. The summed E-state index contributed by atoms with van der Waals surface area (Å²) in [7, 11) is 1.55. The maximum absolute atomic E-state index is 13.0.